The highest BCUT2D eigenvalue weighted by molar-refractivity contribution is 6.32. The Hall–Kier alpha value is -2.07. The van der Waals surface area contributed by atoms with Gasteiger partial charge in [0.2, 0.25) is 0 Å². The number of ether oxygens (including phenoxy) is 1. The van der Waals surface area contributed by atoms with E-state index in [9.17, 15) is 4.79 Å². The first-order valence-electron chi connectivity index (χ1n) is 5.75. The molecule has 0 aliphatic carbocycles. The standard InChI is InChI=1S/C14H13ClN2O2/c1-10-6-7-16-13(8-10)17-14(18)9-19-12-5-3-2-4-11(12)15/h2-8H,9H2,1H3,(H,16,17,18). The van der Waals surface area contributed by atoms with E-state index in [2.05, 4.69) is 10.3 Å². The largest absolute Gasteiger partial charge is 0.482 e. The Morgan fingerprint density at radius 2 is 2.16 bits per heavy atom. The Morgan fingerprint density at radius 3 is 2.89 bits per heavy atom. The molecule has 0 radical (unpaired) electrons. The van der Waals surface area contributed by atoms with Crippen molar-refractivity contribution < 1.29 is 9.53 Å². The average molecular weight is 277 g/mol. The molecule has 1 aromatic heterocycles. The van der Waals surface area contributed by atoms with Crippen molar-refractivity contribution in [2.45, 2.75) is 6.92 Å². The van der Waals surface area contributed by atoms with Crippen molar-refractivity contribution in [3.05, 3.63) is 53.2 Å². The molecule has 0 saturated heterocycles. The molecule has 1 amide bonds. The van der Waals surface area contributed by atoms with Gasteiger partial charge in [-0.15, -0.1) is 0 Å². The van der Waals surface area contributed by atoms with Crippen LogP contribution in [0.25, 0.3) is 0 Å². The molecule has 5 heteroatoms. The van der Waals surface area contributed by atoms with Crippen LogP contribution in [-0.4, -0.2) is 17.5 Å². The van der Waals surface area contributed by atoms with Crippen molar-refractivity contribution in [2.24, 2.45) is 0 Å². The van der Waals surface area contributed by atoms with Gasteiger partial charge in [0.05, 0.1) is 5.02 Å². The van der Waals surface area contributed by atoms with E-state index in [0.717, 1.165) is 5.56 Å². The van der Waals surface area contributed by atoms with Gasteiger partial charge in [-0.05, 0) is 36.8 Å². The fourth-order valence-corrected chi connectivity index (χ4v) is 1.68. The van der Waals surface area contributed by atoms with Crippen LogP contribution in [0.2, 0.25) is 5.02 Å². The predicted molar refractivity (Wildman–Crippen MR) is 74.6 cm³/mol. The summed E-state index contributed by atoms with van der Waals surface area (Å²) in [6, 6.07) is 10.6. The van der Waals surface area contributed by atoms with E-state index in [1.165, 1.54) is 0 Å². The van der Waals surface area contributed by atoms with Crippen LogP contribution < -0.4 is 10.1 Å². The van der Waals surface area contributed by atoms with Gasteiger partial charge >= 0.3 is 0 Å². The van der Waals surface area contributed by atoms with Crippen molar-refractivity contribution in [1.29, 1.82) is 0 Å². The fourth-order valence-electron chi connectivity index (χ4n) is 1.49. The summed E-state index contributed by atoms with van der Waals surface area (Å²) in [6.45, 7) is 1.82. The number of nitrogens with one attached hydrogen (secondary N) is 1. The second kappa shape index (κ2) is 6.20. The van der Waals surface area contributed by atoms with Gasteiger partial charge in [0.1, 0.15) is 11.6 Å². The number of halogens is 1. The quantitative estimate of drug-likeness (QED) is 0.934. The van der Waals surface area contributed by atoms with Gasteiger partial charge < -0.3 is 10.1 Å². The monoisotopic (exact) mass is 276 g/mol. The first kappa shape index (κ1) is 13.4. The van der Waals surface area contributed by atoms with E-state index in [-0.39, 0.29) is 12.5 Å². The van der Waals surface area contributed by atoms with Crippen LogP contribution in [0.4, 0.5) is 5.82 Å². The molecule has 4 nitrogen and oxygen atoms in total. The fraction of sp³-hybridized carbons (Fsp3) is 0.143. The minimum Gasteiger partial charge on any atom is -0.482 e. The normalized spacial score (nSPS) is 10.0. The molecule has 98 valence electrons. The van der Waals surface area contributed by atoms with Crippen molar-refractivity contribution in [3.8, 4) is 5.75 Å². The van der Waals surface area contributed by atoms with Crippen LogP contribution >= 0.6 is 11.6 Å². The summed E-state index contributed by atoms with van der Waals surface area (Å²) in [4.78, 5) is 15.7. The van der Waals surface area contributed by atoms with Crippen LogP contribution in [0, 0.1) is 6.92 Å². The van der Waals surface area contributed by atoms with Crippen LogP contribution in [0.3, 0.4) is 0 Å². The summed E-state index contributed by atoms with van der Waals surface area (Å²) < 4.78 is 5.33. The number of rotatable bonds is 4. The zero-order chi connectivity index (χ0) is 13.7. The third-order valence-corrected chi connectivity index (χ3v) is 2.69. The first-order chi connectivity index (χ1) is 9.15. The summed E-state index contributed by atoms with van der Waals surface area (Å²) in [5.74, 6) is 0.710. The maximum absolute atomic E-state index is 11.7. The lowest BCUT2D eigenvalue weighted by atomic mass is 10.3. The Kier molecular flexibility index (Phi) is 4.36. The van der Waals surface area contributed by atoms with Gasteiger partial charge in [-0.2, -0.15) is 0 Å². The number of benzene rings is 1. The molecule has 0 aliphatic heterocycles. The summed E-state index contributed by atoms with van der Waals surface area (Å²) in [5, 5.41) is 3.13. The number of hydrogen-bond donors (Lipinski definition) is 1. The smallest absolute Gasteiger partial charge is 0.263 e. The maximum atomic E-state index is 11.7. The number of carbonyl (C=O) groups is 1. The van der Waals surface area contributed by atoms with Crippen molar-refractivity contribution in [1.82, 2.24) is 4.98 Å². The molecule has 0 unspecified atom stereocenters. The highest BCUT2D eigenvalue weighted by Crippen LogP contribution is 2.22. The molecule has 2 aromatic rings. The van der Waals surface area contributed by atoms with Crippen LogP contribution in [0.5, 0.6) is 5.75 Å². The van der Waals surface area contributed by atoms with E-state index in [0.29, 0.717) is 16.6 Å². The number of amides is 1. The first-order valence-corrected chi connectivity index (χ1v) is 6.13. The van der Waals surface area contributed by atoms with Gasteiger partial charge in [0.25, 0.3) is 5.91 Å². The van der Waals surface area contributed by atoms with Gasteiger partial charge in [-0.1, -0.05) is 23.7 Å². The lowest BCUT2D eigenvalue weighted by Gasteiger charge is -2.08. The highest BCUT2D eigenvalue weighted by atomic mass is 35.5. The second-order valence-electron chi connectivity index (χ2n) is 3.99. The molecule has 0 saturated carbocycles. The molecule has 2 rings (SSSR count). The summed E-state index contributed by atoms with van der Waals surface area (Å²) in [7, 11) is 0. The Morgan fingerprint density at radius 1 is 1.37 bits per heavy atom. The Bertz CT molecular complexity index is 587. The summed E-state index contributed by atoms with van der Waals surface area (Å²) >= 11 is 5.92. The van der Waals surface area contributed by atoms with Crippen LogP contribution in [0.15, 0.2) is 42.6 Å². The molecular weight excluding hydrogens is 264 g/mol. The lowest BCUT2D eigenvalue weighted by molar-refractivity contribution is -0.118. The van der Waals surface area contributed by atoms with Crippen LogP contribution in [0.1, 0.15) is 5.56 Å². The Balaban J connectivity index is 1.90. The van der Waals surface area contributed by atoms with Crippen LogP contribution in [-0.2, 0) is 4.79 Å². The lowest BCUT2D eigenvalue weighted by Crippen LogP contribution is -2.20. The minimum absolute atomic E-state index is 0.112. The zero-order valence-corrected chi connectivity index (χ0v) is 11.1. The summed E-state index contributed by atoms with van der Waals surface area (Å²) in [6.07, 6.45) is 1.64. The number of pyridine rings is 1. The zero-order valence-electron chi connectivity index (χ0n) is 10.4. The number of hydrogen-bond acceptors (Lipinski definition) is 3. The molecule has 0 bridgehead atoms. The maximum Gasteiger partial charge on any atom is 0.263 e. The molecule has 0 atom stereocenters. The third kappa shape index (κ3) is 3.96. The molecule has 1 N–H and O–H groups in total. The number of anilines is 1. The van der Waals surface area contributed by atoms with E-state index in [4.69, 9.17) is 16.3 Å². The number of carbonyl (C=O) groups excluding carboxylic acids is 1. The van der Waals surface area contributed by atoms with E-state index in [1.807, 2.05) is 13.0 Å². The second-order valence-corrected chi connectivity index (χ2v) is 4.39. The molecule has 1 heterocycles. The topological polar surface area (TPSA) is 51.2 Å². The SMILES string of the molecule is Cc1ccnc(NC(=O)COc2ccccc2Cl)c1. The molecule has 0 spiro atoms. The molecular formula is C14H13ClN2O2. The number of nitrogens with zero attached hydrogens (tertiary/aromatic N) is 1. The van der Waals surface area contributed by atoms with E-state index < -0.39 is 0 Å². The molecule has 1 aromatic carbocycles. The third-order valence-electron chi connectivity index (χ3n) is 2.38. The molecule has 19 heavy (non-hydrogen) atoms. The van der Waals surface area contributed by atoms with Crippen molar-refractivity contribution in [3.63, 3.8) is 0 Å². The highest BCUT2D eigenvalue weighted by Gasteiger charge is 2.06. The van der Waals surface area contributed by atoms with Gasteiger partial charge in [-0.25, -0.2) is 4.98 Å². The average Bonchev–Trinajstić information content (AvgIpc) is 2.38. The van der Waals surface area contributed by atoms with Crippen molar-refractivity contribution in [2.75, 3.05) is 11.9 Å². The molecule has 0 aliphatic rings. The number of aryl methyl sites for hydroxylation is 1. The van der Waals surface area contributed by atoms with E-state index >= 15 is 0 Å². The predicted octanol–water partition coefficient (Wildman–Crippen LogP) is 3.06. The van der Waals surface area contributed by atoms with Gasteiger partial charge in [0, 0.05) is 6.20 Å². The Labute approximate surface area is 116 Å². The van der Waals surface area contributed by atoms with Gasteiger partial charge in [-0.3, -0.25) is 4.79 Å². The van der Waals surface area contributed by atoms with E-state index in [1.54, 1.807) is 36.5 Å². The van der Waals surface area contributed by atoms with Gasteiger partial charge in [0.15, 0.2) is 6.61 Å². The number of para-hydroxylation sites is 1. The van der Waals surface area contributed by atoms with Crippen molar-refractivity contribution >= 4 is 23.3 Å². The summed E-state index contributed by atoms with van der Waals surface area (Å²) in [5.41, 5.74) is 1.03. The minimum atomic E-state index is -0.280. The number of aromatic nitrogens is 1. The molecule has 0 fully saturated rings.